The molecule has 1 amide bonds. The van der Waals surface area contributed by atoms with Gasteiger partial charge in [0.25, 0.3) is 12.3 Å². The van der Waals surface area contributed by atoms with Crippen molar-refractivity contribution in [2.45, 2.75) is 77.5 Å². The Morgan fingerprint density at radius 2 is 1.73 bits per heavy atom. The number of nitrogens with zero attached hydrogens (tertiary/aromatic N) is 5. The summed E-state index contributed by atoms with van der Waals surface area (Å²) in [6.45, 7) is 7.15. The molecule has 1 aliphatic rings. The number of pyridine rings is 1. The summed E-state index contributed by atoms with van der Waals surface area (Å²) in [7, 11) is 1.71. The molecule has 3 atom stereocenters. The van der Waals surface area contributed by atoms with Crippen LogP contribution in [0.4, 0.5) is 32.2 Å². The number of aliphatic hydroxyl groups is 1. The first-order valence-corrected chi connectivity index (χ1v) is 17.9. The number of anilines is 1. The fraction of sp³-hybridized carbons (Fsp3) is 0.385. The molecule has 55 heavy (non-hydrogen) atoms. The Kier molecular flexibility index (Phi) is 10.7. The number of rotatable bonds is 10. The summed E-state index contributed by atoms with van der Waals surface area (Å²) >= 11 is 6.68. The number of halogens is 7. The lowest BCUT2D eigenvalue weighted by molar-refractivity contribution is -0.123. The first-order chi connectivity index (χ1) is 25.8. The van der Waals surface area contributed by atoms with Crippen molar-refractivity contribution in [1.82, 2.24) is 29.9 Å². The number of aromatic nitrogens is 5. The third-order valence-electron chi connectivity index (χ3n) is 9.63. The molecule has 6 rings (SSSR count). The molecule has 0 spiro atoms. The third-order valence-corrected chi connectivity index (χ3v) is 9.95. The van der Waals surface area contributed by atoms with Gasteiger partial charge in [0.15, 0.2) is 5.82 Å². The van der Waals surface area contributed by atoms with Crippen molar-refractivity contribution in [1.29, 1.82) is 0 Å². The van der Waals surface area contributed by atoms with Crippen LogP contribution < -0.4 is 10.6 Å². The number of hydrogen-bond acceptors (Lipinski definition) is 6. The van der Waals surface area contributed by atoms with Crippen LogP contribution in [0.15, 0.2) is 42.5 Å². The molecule has 0 radical (unpaired) electrons. The Morgan fingerprint density at radius 1 is 1.05 bits per heavy atom. The van der Waals surface area contributed by atoms with Crippen molar-refractivity contribution < 1.29 is 36.2 Å². The molecule has 3 N–H and O–H groups in total. The Labute approximate surface area is 318 Å². The van der Waals surface area contributed by atoms with E-state index in [4.69, 9.17) is 16.6 Å². The number of fused-ring (bicyclic) bond motifs is 2. The second-order valence-electron chi connectivity index (χ2n) is 14.2. The van der Waals surface area contributed by atoms with Gasteiger partial charge in [0.2, 0.25) is 5.91 Å². The van der Waals surface area contributed by atoms with E-state index in [9.17, 15) is 27.5 Å². The number of amides is 1. The van der Waals surface area contributed by atoms with Crippen LogP contribution in [0.1, 0.15) is 86.9 Å². The molecular weight excluding hydrogens is 748 g/mol. The Morgan fingerprint density at radius 3 is 2.36 bits per heavy atom. The van der Waals surface area contributed by atoms with E-state index in [1.807, 2.05) is 6.92 Å². The molecule has 0 saturated carbocycles. The third kappa shape index (κ3) is 7.75. The van der Waals surface area contributed by atoms with Crippen LogP contribution in [0.2, 0.25) is 5.02 Å². The molecule has 9 nitrogen and oxygen atoms in total. The quantitative estimate of drug-likeness (QED) is 0.0974. The second kappa shape index (κ2) is 14.9. The van der Waals surface area contributed by atoms with Gasteiger partial charge in [-0.1, -0.05) is 37.4 Å². The van der Waals surface area contributed by atoms with E-state index in [1.54, 1.807) is 36.0 Å². The predicted molar refractivity (Wildman–Crippen MR) is 196 cm³/mol. The summed E-state index contributed by atoms with van der Waals surface area (Å²) < 4.78 is 90.7. The molecule has 3 aromatic heterocycles. The predicted octanol–water partition coefficient (Wildman–Crippen LogP) is 8.20. The van der Waals surface area contributed by atoms with Crippen LogP contribution in [0.5, 0.6) is 0 Å². The number of nitrogens with one attached hydrogen (secondary N) is 2. The van der Waals surface area contributed by atoms with Crippen molar-refractivity contribution in [2.75, 3.05) is 11.9 Å². The molecule has 0 unspecified atom stereocenters. The molecular formula is C39H38ClF6N7O2. The number of benzene rings is 2. The maximum Gasteiger partial charge on any atom is 0.292 e. The van der Waals surface area contributed by atoms with Crippen molar-refractivity contribution in [3.8, 4) is 23.0 Å². The van der Waals surface area contributed by atoms with Gasteiger partial charge in [-0.3, -0.25) is 14.2 Å². The highest BCUT2D eigenvalue weighted by Crippen LogP contribution is 2.54. The summed E-state index contributed by atoms with van der Waals surface area (Å²) in [6, 6.07) is 8.23. The lowest BCUT2D eigenvalue weighted by atomic mass is 9.93. The standard InChI is InChI=1S/C39H38ClF6N7O2/c1-7-47-37-31-27(40)11-10-26(34(31)52(6)51-37)25-9-8-24(12-13-38(4,5)55)48-32(25)28(16-21-14-22(41)17-23(42)15-21)49-29(54)18-53-35-30(33(50-53)36(43)44)19(2)20(3)39(35,45)46/h8-11,14-15,17,19-20,28,36,55H,7,16,18H2,1-6H3,(H,47,51)(H,49,54)/t19-,20+,28-/m0/s1. The van der Waals surface area contributed by atoms with Crippen LogP contribution in [0.25, 0.3) is 22.0 Å². The zero-order valence-electron chi connectivity index (χ0n) is 30.7. The Balaban J connectivity index is 1.53. The molecule has 0 saturated heterocycles. The SMILES string of the molecule is CCNc1nn(C)c2c(-c3ccc(C#CC(C)(C)O)nc3[C@H](Cc3cc(F)cc(F)c3)NC(=O)Cn3nc(C(F)F)c4c3C(F)(F)[C@H](C)[C@@H]4C)ccc(Cl)c12. The molecule has 290 valence electrons. The maximum absolute atomic E-state index is 15.6. The van der Waals surface area contributed by atoms with Gasteiger partial charge in [0.1, 0.15) is 40.9 Å². The molecule has 2 aromatic carbocycles. The van der Waals surface area contributed by atoms with E-state index in [0.29, 0.717) is 50.2 Å². The first-order valence-electron chi connectivity index (χ1n) is 17.5. The van der Waals surface area contributed by atoms with E-state index < -0.39 is 71.3 Å². The van der Waals surface area contributed by atoms with Gasteiger partial charge in [-0.05, 0) is 74.9 Å². The van der Waals surface area contributed by atoms with E-state index in [1.165, 1.54) is 27.7 Å². The van der Waals surface area contributed by atoms with Crippen molar-refractivity contribution in [2.24, 2.45) is 13.0 Å². The molecule has 0 fully saturated rings. The van der Waals surface area contributed by atoms with Crippen molar-refractivity contribution >= 4 is 34.2 Å². The normalized spacial score (nSPS) is 16.9. The van der Waals surface area contributed by atoms with Crippen LogP contribution in [-0.4, -0.2) is 47.7 Å². The minimum atomic E-state index is -3.57. The minimum Gasteiger partial charge on any atom is -0.378 e. The molecule has 0 aliphatic heterocycles. The van der Waals surface area contributed by atoms with Gasteiger partial charge in [-0.25, -0.2) is 22.5 Å². The fourth-order valence-corrected chi connectivity index (χ4v) is 7.29. The van der Waals surface area contributed by atoms with Gasteiger partial charge < -0.3 is 15.7 Å². The lowest BCUT2D eigenvalue weighted by Crippen LogP contribution is -2.35. The summed E-state index contributed by atoms with van der Waals surface area (Å²) in [5, 5.41) is 25.6. The molecule has 1 aliphatic carbocycles. The first kappa shape index (κ1) is 39.6. The summed E-state index contributed by atoms with van der Waals surface area (Å²) in [5.41, 5.74) is -1.37. The highest BCUT2D eigenvalue weighted by molar-refractivity contribution is 6.37. The topological polar surface area (TPSA) is 110 Å². The van der Waals surface area contributed by atoms with E-state index in [0.717, 1.165) is 12.1 Å². The monoisotopic (exact) mass is 785 g/mol. The summed E-state index contributed by atoms with van der Waals surface area (Å²) in [6.07, 6.45) is -3.44. The summed E-state index contributed by atoms with van der Waals surface area (Å²) in [4.78, 5) is 18.7. The zero-order chi connectivity index (χ0) is 40.1. The molecule has 3 heterocycles. The summed E-state index contributed by atoms with van der Waals surface area (Å²) in [5.74, 6) is -2.56. The number of hydrogen-bond donors (Lipinski definition) is 3. The van der Waals surface area contributed by atoms with E-state index >= 15 is 8.78 Å². The van der Waals surface area contributed by atoms with Crippen LogP contribution in [0, 0.1) is 29.4 Å². The van der Waals surface area contributed by atoms with Gasteiger partial charge >= 0.3 is 0 Å². The molecule has 0 bridgehead atoms. The molecule has 5 aromatic rings. The smallest absolute Gasteiger partial charge is 0.292 e. The largest absolute Gasteiger partial charge is 0.378 e. The Bertz CT molecular complexity index is 2340. The minimum absolute atomic E-state index is 0.105. The average molecular weight is 786 g/mol. The highest BCUT2D eigenvalue weighted by Gasteiger charge is 2.55. The van der Waals surface area contributed by atoms with Crippen LogP contribution in [0.3, 0.4) is 0 Å². The number of aryl methyl sites for hydroxylation is 1. The zero-order valence-corrected chi connectivity index (χ0v) is 31.5. The van der Waals surface area contributed by atoms with Crippen molar-refractivity contribution in [3.63, 3.8) is 0 Å². The Hall–Kier alpha value is -5.07. The fourth-order valence-electron chi connectivity index (χ4n) is 7.05. The number of carbonyl (C=O) groups is 1. The van der Waals surface area contributed by atoms with Gasteiger partial charge in [0, 0.05) is 42.3 Å². The van der Waals surface area contributed by atoms with Crippen LogP contribution in [-0.2, 0) is 30.7 Å². The van der Waals surface area contributed by atoms with Crippen LogP contribution >= 0.6 is 11.6 Å². The second-order valence-corrected chi connectivity index (χ2v) is 14.6. The van der Waals surface area contributed by atoms with Gasteiger partial charge in [-0.2, -0.15) is 19.0 Å². The number of carbonyl (C=O) groups excluding carboxylic acids is 1. The van der Waals surface area contributed by atoms with Gasteiger partial charge in [0.05, 0.1) is 27.7 Å². The van der Waals surface area contributed by atoms with Gasteiger partial charge in [-0.15, -0.1) is 0 Å². The molecule has 16 heteroatoms. The van der Waals surface area contributed by atoms with E-state index in [-0.39, 0.29) is 28.9 Å². The number of alkyl halides is 4. The maximum atomic E-state index is 15.6. The lowest BCUT2D eigenvalue weighted by Gasteiger charge is -2.23. The average Bonchev–Trinajstić information content (AvgIpc) is 3.69. The van der Waals surface area contributed by atoms with Crippen molar-refractivity contribution in [3.05, 3.63) is 93.0 Å². The van der Waals surface area contributed by atoms with E-state index in [2.05, 4.69) is 32.7 Å². The highest BCUT2D eigenvalue weighted by atomic mass is 35.5.